The minimum Gasteiger partial charge on any atom is -0.399 e. The molecule has 0 saturated heterocycles. The van der Waals surface area contributed by atoms with Crippen LogP contribution < -0.4 is 0 Å². The van der Waals surface area contributed by atoms with E-state index in [1.54, 1.807) is 0 Å². The second-order valence-corrected chi connectivity index (χ2v) is 5.63. The lowest BCUT2D eigenvalue weighted by molar-refractivity contribution is -0.143. The van der Waals surface area contributed by atoms with Crippen LogP contribution in [-0.4, -0.2) is 22.6 Å². The smallest absolute Gasteiger partial charge is 0.391 e. The first-order chi connectivity index (χ1) is 13.5. The van der Waals surface area contributed by atoms with Crippen LogP contribution in [0.1, 0.15) is 0 Å². The maximum absolute atomic E-state index is 13.0. The van der Waals surface area contributed by atoms with Crippen molar-refractivity contribution < 1.29 is 75.0 Å². The van der Waals surface area contributed by atoms with Crippen molar-refractivity contribution in [1.82, 2.24) is 0 Å². The van der Waals surface area contributed by atoms with Gasteiger partial charge in [-0.1, -0.05) is 0 Å². The lowest BCUT2D eigenvalue weighted by atomic mass is 10.2. The normalized spacial score (nSPS) is 17.5. The predicted molar refractivity (Wildman–Crippen MR) is 69.5 cm³/mol. The highest BCUT2D eigenvalue weighted by Crippen LogP contribution is 2.47. The maximum Gasteiger partial charge on any atom is 0.391 e. The van der Waals surface area contributed by atoms with Crippen LogP contribution >= 0.6 is 23.2 Å². The Morgan fingerprint density at radius 2 is 0.677 bits per heavy atom. The predicted octanol–water partition coefficient (Wildman–Crippen LogP) is 8.45. The summed E-state index contributed by atoms with van der Waals surface area (Å²) in [6.45, 7) is 0. The van der Waals surface area contributed by atoms with Crippen LogP contribution in [0.4, 0.5) is 70.2 Å². The zero-order valence-electron chi connectivity index (χ0n) is 13.2. The van der Waals surface area contributed by atoms with Gasteiger partial charge in [0.15, 0.2) is 0 Å². The number of allylic oxidation sites excluding steroid dienone is 6. The van der Waals surface area contributed by atoms with Crippen LogP contribution in [0, 0.1) is 0 Å². The summed E-state index contributed by atoms with van der Waals surface area (Å²) in [6.07, 6.45) is 0. The Bertz CT molecular complexity index is 761. The van der Waals surface area contributed by atoms with Crippen molar-refractivity contribution in [2.45, 2.75) is 22.6 Å². The highest BCUT2D eigenvalue weighted by atomic mass is 35.5. The molecule has 0 N–H and O–H groups in total. The molecule has 19 heteroatoms. The first-order valence-electron chi connectivity index (χ1n) is 6.31. The number of ether oxygens (including phenoxy) is 1. The SMILES string of the molecule is FC(OC(F)=C(F)C(F)=C(F)C(F)(F)C(F)(F)Cl)=C(F)C(F)=C(F)C(F)(F)C(F)(F)Cl. The lowest BCUT2D eigenvalue weighted by Crippen LogP contribution is -2.36. The van der Waals surface area contributed by atoms with Gasteiger partial charge in [0.05, 0.1) is 0 Å². The molecule has 0 aromatic rings. The second-order valence-electron chi connectivity index (χ2n) is 4.68. The van der Waals surface area contributed by atoms with Gasteiger partial charge in [0.1, 0.15) is 0 Å². The van der Waals surface area contributed by atoms with Gasteiger partial charge in [-0.2, -0.15) is 52.7 Å². The summed E-state index contributed by atoms with van der Waals surface area (Å²) < 4.78 is 206. The van der Waals surface area contributed by atoms with Crippen molar-refractivity contribution in [3.05, 3.63) is 47.0 Å². The third-order valence-electron chi connectivity index (χ3n) is 2.56. The van der Waals surface area contributed by atoms with Crippen molar-refractivity contribution in [2.75, 3.05) is 0 Å². The van der Waals surface area contributed by atoms with Gasteiger partial charge in [0.25, 0.3) is 0 Å². The van der Waals surface area contributed by atoms with Crippen LogP contribution in [0.5, 0.6) is 0 Å². The number of hydrogen-bond acceptors (Lipinski definition) is 1. The fourth-order valence-electron chi connectivity index (χ4n) is 1.06. The average Bonchev–Trinajstić information content (AvgIpc) is 2.61. The van der Waals surface area contributed by atoms with Gasteiger partial charge >= 0.3 is 34.6 Å². The molecule has 0 unspecified atom stereocenters. The van der Waals surface area contributed by atoms with Gasteiger partial charge in [0, 0.05) is 0 Å². The molecule has 0 radical (unpaired) electrons. The van der Waals surface area contributed by atoms with Gasteiger partial charge in [-0.25, -0.2) is 17.6 Å². The largest absolute Gasteiger partial charge is 0.399 e. The Labute approximate surface area is 168 Å². The monoisotopic (exact) mass is 534 g/mol. The summed E-state index contributed by atoms with van der Waals surface area (Å²) in [4.78, 5) is 0. The first kappa shape index (κ1) is 29.2. The second kappa shape index (κ2) is 9.38. The molecule has 0 aromatic carbocycles. The van der Waals surface area contributed by atoms with Gasteiger partial charge in [-0.15, -0.1) is 0 Å². The van der Waals surface area contributed by atoms with E-state index in [9.17, 15) is 70.2 Å². The summed E-state index contributed by atoms with van der Waals surface area (Å²) >= 11 is 7.39. The zero-order valence-corrected chi connectivity index (χ0v) is 14.7. The Morgan fingerprint density at radius 3 is 0.871 bits per heavy atom. The molecule has 0 atom stereocenters. The van der Waals surface area contributed by atoms with Crippen molar-refractivity contribution >= 4 is 23.2 Å². The third-order valence-corrected chi connectivity index (χ3v) is 3.03. The average molecular weight is 535 g/mol. The van der Waals surface area contributed by atoms with E-state index in [1.807, 2.05) is 0 Å². The van der Waals surface area contributed by atoms with Gasteiger partial charge in [-0.3, -0.25) is 0 Å². The molecular formula is C12Cl2F16O. The third kappa shape index (κ3) is 6.14. The first-order valence-corrected chi connectivity index (χ1v) is 7.07. The number of hydrogen-bond donors (Lipinski definition) is 0. The van der Waals surface area contributed by atoms with Crippen molar-refractivity contribution in [2.24, 2.45) is 0 Å². The molecule has 180 valence electrons. The molecule has 1 nitrogen and oxygen atoms in total. The highest BCUT2D eigenvalue weighted by Gasteiger charge is 2.61. The quantitative estimate of drug-likeness (QED) is 0.131. The van der Waals surface area contributed by atoms with Crippen LogP contribution in [0.15, 0.2) is 47.0 Å². The maximum atomic E-state index is 13.0. The molecule has 0 aliphatic rings. The van der Waals surface area contributed by atoms with Crippen molar-refractivity contribution in [3.8, 4) is 0 Å². The van der Waals surface area contributed by atoms with Crippen molar-refractivity contribution in [3.63, 3.8) is 0 Å². The zero-order chi connectivity index (χ0) is 25.3. The molecule has 0 bridgehead atoms. The summed E-state index contributed by atoms with van der Waals surface area (Å²) in [5, 5.41) is -11.9. The fourth-order valence-corrected chi connectivity index (χ4v) is 1.22. The Balaban J connectivity index is 6.25. The fraction of sp³-hybridized carbons (Fsp3) is 0.333. The van der Waals surface area contributed by atoms with E-state index in [1.165, 1.54) is 0 Å². The van der Waals surface area contributed by atoms with E-state index in [0.717, 1.165) is 0 Å². The van der Waals surface area contributed by atoms with Crippen LogP contribution in [-0.2, 0) is 4.74 Å². The minimum absolute atomic E-state index is 2.58. The van der Waals surface area contributed by atoms with E-state index >= 15 is 0 Å². The van der Waals surface area contributed by atoms with Gasteiger partial charge < -0.3 is 4.74 Å². The molecule has 0 amide bonds. The summed E-state index contributed by atoms with van der Waals surface area (Å²) in [5.41, 5.74) is 0. The molecule has 0 heterocycles. The molecule has 31 heavy (non-hydrogen) atoms. The minimum atomic E-state index is -6.35. The van der Waals surface area contributed by atoms with E-state index in [-0.39, 0.29) is 0 Å². The molecule has 0 rings (SSSR count). The summed E-state index contributed by atoms with van der Waals surface area (Å²) in [5.74, 6) is -36.2. The highest BCUT2D eigenvalue weighted by molar-refractivity contribution is 6.22. The molecule has 0 aliphatic carbocycles. The molecule has 0 aromatic heterocycles. The summed E-state index contributed by atoms with van der Waals surface area (Å²) in [6, 6.07) is -7.37. The molecule has 0 fully saturated rings. The van der Waals surface area contributed by atoms with Crippen LogP contribution in [0.25, 0.3) is 0 Å². The topological polar surface area (TPSA) is 9.23 Å². The summed E-state index contributed by atoms with van der Waals surface area (Å²) in [7, 11) is 0. The van der Waals surface area contributed by atoms with E-state index in [4.69, 9.17) is 0 Å². The molecule has 0 aliphatic heterocycles. The Morgan fingerprint density at radius 1 is 0.452 bits per heavy atom. The van der Waals surface area contributed by atoms with E-state index in [2.05, 4.69) is 27.9 Å². The number of alkyl halides is 10. The van der Waals surface area contributed by atoms with Crippen LogP contribution in [0.3, 0.4) is 0 Å². The molecule has 0 spiro atoms. The van der Waals surface area contributed by atoms with Crippen LogP contribution in [0.2, 0.25) is 0 Å². The lowest BCUT2D eigenvalue weighted by Gasteiger charge is -2.19. The molecular weight excluding hydrogens is 535 g/mol. The van der Waals surface area contributed by atoms with Crippen molar-refractivity contribution in [1.29, 1.82) is 0 Å². The van der Waals surface area contributed by atoms with Gasteiger partial charge in [-0.05, 0) is 23.2 Å². The Hall–Kier alpha value is -1.78. The molecule has 0 saturated carbocycles. The Kier molecular flexibility index (Phi) is 8.84. The number of rotatable bonds is 8. The van der Waals surface area contributed by atoms with E-state index in [0.29, 0.717) is 0 Å². The standard InChI is InChI=1S/C12Cl2F16O/c13-11(27,28)9(23,24)5(19)1(15)3(17)7(21)31-8(22)4(18)2(16)6(20)10(25,26)12(14,29)30. The van der Waals surface area contributed by atoms with Gasteiger partial charge in [0.2, 0.25) is 35.0 Å². The van der Waals surface area contributed by atoms with E-state index < -0.39 is 69.6 Å². The number of halogens is 18.